The summed E-state index contributed by atoms with van der Waals surface area (Å²) in [4.78, 5) is 22.7. The van der Waals surface area contributed by atoms with Gasteiger partial charge in [0.25, 0.3) is 0 Å². The highest BCUT2D eigenvalue weighted by Crippen LogP contribution is 2.18. The predicted molar refractivity (Wildman–Crippen MR) is 94.6 cm³/mol. The standard InChI is InChI=1S/C18H28N4O2/c19-17(23)16-6-4-15(5-7-16)13-22-18(24)21-10-2-1-3-14-8-11-20-12-9-14/h4-7,14,20H,1-3,8-13H2,(H2,19,23)(H2,21,22,24). The minimum absolute atomic E-state index is 0.157. The molecule has 0 aromatic heterocycles. The lowest BCUT2D eigenvalue weighted by Crippen LogP contribution is -2.35. The fourth-order valence-corrected chi connectivity index (χ4v) is 2.96. The van der Waals surface area contributed by atoms with Crippen LogP contribution in [0.2, 0.25) is 0 Å². The number of hydrogen-bond donors (Lipinski definition) is 4. The Morgan fingerprint density at radius 1 is 1.08 bits per heavy atom. The molecule has 1 aromatic carbocycles. The zero-order chi connectivity index (χ0) is 17.2. The van der Waals surface area contributed by atoms with E-state index in [1.54, 1.807) is 24.3 Å². The number of urea groups is 1. The fraction of sp³-hybridized carbons (Fsp3) is 0.556. The van der Waals surface area contributed by atoms with E-state index in [4.69, 9.17) is 5.73 Å². The number of rotatable bonds is 8. The van der Waals surface area contributed by atoms with Crippen molar-refractivity contribution in [2.24, 2.45) is 11.7 Å². The maximum atomic E-state index is 11.8. The van der Waals surface area contributed by atoms with Crippen LogP contribution in [0.4, 0.5) is 4.79 Å². The summed E-state index contributed by atoms with van der Waals surface area (Å²) in [7, 11) is 0. The van der Waals surface area contributed by atoms with Crippen LogP contribution in [0.1, 0.15) is 48.0 Å². The molecule has 1 aliphatic heterocycles. The van der Waals surface area contributed by atoms with E-state index in [1.165, 1.54) is 25.7 Å². The van der Waals surface area contributed by atoms with Crippen LogP contribution in [0.5, 0.6) is 0 Å². The minimum atomic E-state index is -0.447. The molecule has 6 nitrogen and oxygen atoms in total. The van der Waals surface area contributed by atoms with E-state index in [0.717, 1.165) is 31.0 Å². The summed E-state index contributed by atoms with van der Waals surface area (Å²) in [6, 6.07) is 6.75. The van der Waals surface area contributed by atoms with Gasteiger partial charge in [0.05, 0.1) is 0 Å². The van der Waals surface area contributed by atoms with Crippen molar-refractivity contribution in [3.63, 3.8) is 0 Å². The van der Waals surface area contributed by atoms with Crippen LogP contribution in [0.3, 0.4) is 0 Å². The summed E-state index contributed by atoms with van der Waals surface area (Å²) in [6.07, 6.45) is 6.01. The quantitative estimate of drug-likeness (QED) is 0.546. The first kappa shape index (κ1) is 18.3. The van der Waals surface area contributed by atoms with Crippen LogP contribution >= 0.6 is 0 Å². The molecule has 5 N–H and O–H groups in total. The Morgan fingerprint density at radius 3 is 2.46 bits per heavy atom. The molecule has 1 saturated heterocycles. The Morgan fingerprint density at radius 2 is 1.79 bits per heavy atom. The van der Waals surface area contributed by atoms with Crippen molar-refractivity contribution in [3.8, 4) is 0 Å². The fourth-order valence-electron chi connectivity index (χ4n) is 2.96. The van der Waals surface area contributed by atoms with Gasteiger partial charge < -0.3 is 21.7 Å². The molecule has 0 radical (unpaired) electrons. The van der Waals surface area contributed by atoms with Crippen LogP contribution in [0, 0.1) is 5.92 Å². The van der Waals surface area contributed by atoms with Crippen LogP contribution in [0.15, 0.2) is 24.3 Å². The molecule has 1 aromatic rings. The molecule has 0 unspecified atom stereocenters. The summed E-state index contributed by atoms with van der Waals surface area (Å²) in [5.41, 5.74) is 6.59. The number of hydrogen-bond acceptors (Lipinski definition) is 3. The van der Waals surface area contributed by atoms with E-state index in [2.05, 4.69) is 16.0 Å². The average molecular weight is 332 g/mol. The molecule has 0 saturated carbocycles. The molecule has 6 heteroatoms. The van der Waals surface area contributed by atoms with E-state index in [9.17, 15) is 9.59 Å². The van der Waals surface area contributed by atoms with Crippen molar-refractivity contribution in [1.82, 2.24) is 16.0 Å². The van der Waals surface area contributed by atoms with Gasteiger partial charge in [0, 0.05) is 18.7 Å². The summed E-state index contributed by atoms with van der Waals surface area (Å²) in [5, 5.41) is 9.08. The van der Waals surface area contributed by atoms with E-state index in [1.807, 2.05) is 0 Å². The summed E-state index contributed by atoms with van der Waals surface area (Å²) < 4.78 is 0. The number of carbonyl (C=O) groups excluding carboxylic acids is 2. The topological polar surface area (TPSA) is 96.2 Å². The van der Waals surface area contributed by atoms with Crippen LogP contribution in [0.25, 0.3) is 0 Å². The van der Waals surface area contributed by atoms with E-state index >= 15 is 0 Å². The Hall–Kier alpha value is -2.08. The van der Waals surface area contributed by atoms with E-state index in [0.29, 0.717) is 18.7 Å². The molecule has 24 heavy (non-hydrogen) atoms. The number of amides is 3. The number of benzene rings is 1. The molecular weight excluding hydrogens is 304 g/mol. The maximum absolute atomic E-state index is 11.8. The molecule has 0 bridgehead atoms. The number of piperidine rings is 1. The molecule has 1 aliphatic rings. The Balaban J connectivity index is 1.53. The van der Waals surface area contributed by atoms with Crippen molar-refractivity contribution in [3.05, 3.63) is 35.4 Å². The van der Waals surface area contributed by atoms with E-state index in [-0.39, 0.29) is 6.03 Å². The highest BCUT2D eigenvalue weighted by atomic mass is 16.2. The summed E-state index contributed by atoms with van der Waals surface area (Å²) in [6.45, 7) is 3.43. The molecule has 3 amide bonds. The van der Waals surface area contributed by atoms with Gasteiger partial charge in [-0.05, 0) is 56.0 Å². The zero-order valence-corrected chi connectivity index (χ0v) is 14.1. The molecule has 2 rings (SSSR count). The number of carbonyl (C=O) groups is 2. The van der Waals surface area contributed by atoms with Gasteiger partial charge in [0.1, 0.15) is 0 Å². The largest absolute Gasteiger partial charge is 0.366 e. The minimum Gasteiger partial charge on any atom is -0.366 e. The number of primary amides is 1. The number of nitrogens with two attached hydrogens (primary N) is 1. The summed E-state index contributed by atoms with van der Waals surface area (Å²) >= 11 is 0. The zero-order valence-electron chi connectivity index (χ0n) is 14.1. The monoisotopic (exact) mass is 332 g/mol. The van der Waals surface area contributed by atoms with Gasteiger partial charge in [0.15, 0.2) is 0 Å². The molecule has 1 fully saturated rings. The third-order valence-corrected chi connectivity index (χ3v) is 4.47. The smallest absolute Gasteiger partial charge is 0.315 e. The van der Waals surface area contributed by atoms with Crippen molar-refractivity contribution in [1.29, 1.82) is 0 Å². The van der Waals surface area contributed by atoms with Crippen molar-refractivity contribution in [2.75, 3.05) is 19.6 Å². The molecule has 0 spiro atoms. The first-order valence-electron chi connectivity index (χ1n) is 8.76. The van der Waals surface area contributed by atoms with Crippen molar-refractivity contribution in [2.45, 2.75) is 38.6 Å². The Bertz CT molecular complexity index is 524. The SMILES string of the molecule is NC(=O)c1ccc(CNC(=O)NCCCCC2CCNCC2)cc1. The van der Waals surface area contributed by atoms with Gasteiger partial charge in [-0.25, -0.2) is 4.79 Å². The predicted octanol–water partition coefficient (Wildman–Crippen LogP) is 1.75. The highest BCUT2D eigenvalue weighted by molar-refractivity contribution is 5.92. The summed E-state index contributed by atoms with van der Waals surface area (Å²) in [5.74, 6) is 0.403. The van der Waals surface area contributed by atoms with Crippen molar-refractivity contribution < 1.29 is 9.59 Å². The first-order chi connectivity index (χ1) is 11.6. The second-order valence-corrected chi connectivity index (χ2v) is 6.36. The third kappa shape index (κ3) is 6.58. The maximum Gasteiger partial charge on any atom is 0.315 e. The highest BCUT2D eigenvalue weighted by Gasteiger charge is 2.12. The number of unbranched alkanes of at least 4 members (excludes halogenated alkanes) is 1. The molecule has 0 aliphatic carbocycles. The van der Waals surface area contributed by atoms with Gasteiger partial charge in [-0.3, -0.25) is 4.79 Å². The van der Waals surface area contributed by atoms with Gasteiger partial charge in [-0.1, -0.05) is 25.0 Å². The lowest BCUT2D eigenvalue weighted by atomic mass is 9.92. The lowest BCUT2D eigenvalue weighted by molar-refractivity contribution is 0.1000. The van der Waals surface area contributed by atoms with Gasteiger partial charge in [-0.2, -0.15) is 0 Å². The van der Waals surface area contributed by atoms with Crippen LogP contribution < -0.4 is 21.7 Å². The van der Waals surface area contributed by atoms with Crippen molar-refractivity contribution >= 4 is 11.9 Å². The third-order valence-electron chi connectivity index (χ3n) is 4.47. The van der Waals surface area contributed by atoms with Gasteiger partial charge >= 0.3 is 6.03 Å². The normalized spacial score (nSPS) is 15.0. The Kier molecular flexibility index (Phi) is 7.55. The van der Waals surface area contributed by atoms with E-state index < -0.39 is 5.91 Å². The molecule has 132 valence electrons. The first-order valence-corrected chi connectivity index (χ1v) is 8.76. The van der Waals surface area contributed by atoms with Crippen LogP contribution in [-0.4, -0.2) is 31.6 Å². The van der Waals surface area contributed by atoms with Gasteiger partial charge in [0.2, 0.25) is 5.91 Å². The molecule has 1 heterocycles. The average Bonchev–Trinajstić information content (AvgIpc) is 2.61. The lowest BCUT2D eigenvalue weighted by Gasteiger charge is -2.22. The van der Waals surface area contributed by atoms with Crippen LogP contribution in [-0.2, 0) is 6.54 Å². The molecule has 0 atom stereocenters. The second kappa shape index (κ2) is 9.93. The second-order valence-electron chi connectivity index (χ2n) is 6.36. The number of nitrogens with one attached hydrogen (secondary N) is 3. The van der Waals surface area contributed by atoms with Gasteiger partial charge in [-0.15, -0.1) is 0 Å². The Labute approximate surface area is 143 Å². The molecular formula is C18H28N4O2.